The molecular weight excluding hydrogens is 352 g/mol. The molecule has 2 heterocycles. The first-order chi connectivity index (χ1) is 12.0. The van der Waals surface area contributed by atoms with Gasteiger partial charge in [0.15, 0.2) is 0 Å². The zero-order valence-electron chi connectivity index (χ0n) is 15.2. The summed E-state index contributed by atoms with van der Waals surface area (Å²) in [6.45, 7) is 4.58. The van der Waals surface area contributed by atoms with Gasteiger partial charge in [0.05, 0.1) is 6.04 Å². The van der Waals surface area contributed by atoms with Crippen molar-refractivity contribution in [3.63, 3.8) is 0 Å². The smallest absolute Gasteiger partial charge is 0.234 e. The van der Waals surface area contributed by atoms with Crippen LogP contribution in [0.5, 0.6) is 0 Å². The van der Waals surface area contributed by atoms with Crippen LogP contribution < -0.4 is 16.4 Å². The molecule has 3 rings (SSSR count). The number of amides is 2. The number of likely N-dealkylation sites (tertiary alicyclic amines) is 1. The van der Waals surface area contributed by atoms with Gasteiger partial charge in [0, 0.05) is 24.2 Å². The Bertz CT molecular complexity index is 640. The van der Waals surface area contributed by atoms with E-state index >= 15 is 0 Å². The highest BCUT2D eigenvalue weighted by Crippen LogP contribution is 2.22. The lowest BCUT2D eigenvalue weighted by Gasteiger charge is -2.27. The van der Waals surface area contributed by atoms with Crippen LogP contribution in [0.4, 0.5) is 5.69 Å². The van der Waals surface area contributed by atoms with Crippen LogP contribution in [0.1, 0.15) is 38.2 Å². The molecule has 2 aliphatic rings. The van der Waals surface area contributed by atoms with Gasteiger partial charge in [0.25, 0.3) is 0 Å². The average molecular weight is 381 g/mol. The maximum atomic E-state index is 12.5. The van der Waals surface area contributed by atoms with Crippen molar-refractivity contribution in [2.75, 3.05) is 18.4 Å². The second-order valence-electron chi connectivity index (χ2n) is 7.30. The van der Waals surface area contributed by atoms with Crippen LogP contribution in [-0.4, -0.2) is 41.9 Å². The second-order valence-corrected chi connectivity index (χ2v) is 7.30. The average Bonchev–Trinajstić information content (AvgIpc) is 3.03. The van der Waals surface area contributed by atoms with E-state index in [1.807, 2.05) is 24.3 Å². The lowest BCUT2D eigenvalue weighted by molar-refractivity contribution is -0.122. The fraction of sp³-hybridized carbons (Fsp3) is 0.579. The normalized spacial score (nSPS) is 26.1. The molecule has 0 aromatic heterocycles. The molecule has 0 saturated carbocycles. The number of hydrogen-bond donors (Lipinski definition) is 3. The van der Waals surface area contributed by atoms with Crippen molar-refractivity contribution in [3.8, 4) is 0 Å². The van der Waals surface area contributed by atoms with Gasteiger partial charge in [0.1, 0.15) is 0 Å². The first kappa shape index (κ1) is 20.7. The van der Waals surface area contributed by atoms with Crippen LogP contribution in [0.2, 0.25) is 0 Å². The highest BCUT2D eigenvalue weighted by molar-refractivity contribution is 5.92. The monoisotopic (exact) mass is 380 g/mol. The highest BCUT2D eigenvalue weighted by atomic mass is 35.5. The van der Waals surface area contributed by atoms with E-state index < -0.39 is 0 Å². The number of piperidine rings is 1. The Morgan fingerprint density at radius 1 is 1.35 bits per heavy atom. The van der Waals surface area contributed by atoms with E-state index in [-0.39, 0.29) is 36.2 Å². The third kappa shape index (κ3) is 5.19. The summed E-state index contributed by atoms with van der Waals surface area (Å²) in [6, 6.07) is 8.11. The number of nitrogens with zero attached hydrogens (tertiary/aromatic N) is 1. The molecule has 0 spiro atoms. The first-order valence-corrected chi connectivity index (χ1v) is 9.19. The molecule has 26 heavy (non-hydrogen) atoms. The molecule has 0 bridgehead atoms. The Morgan fingerprint density at radius 2 is 2.15 bits per heavy atom. The standard InChI is InChI=1S/C19H28N4O2.ClH/c1-13-10-15(7-8-21-13)19(25)22-16-5-2-4-14(11-16)12-23-9-3-6-17(23)18(20)24;/h2,4-5,11,13,15,17,21H,3,6-10,12H2,1H3,(H2,20,24)(H,22,25);1H/t13-,15-,17?;/m0./s1. The predicted molar refractivity (Wildman–Crippen MR) is 105 cm³/mol. The quantitative estimate of drug-likeness (QED) is 0.727. The molecule has 1 unspecified atom stereocenters. The molecule has 1 aromatic carbocycles. The third-order valence-electron chi connectivity index (χ3n) is 5.27. The maximum absolute atomic E-state index is 12.5. The van der Waals surface area contributed by atoms with Crippen molar-refractivity contribution in [1.82, 2.24) is 10.2 Å². The number of carbonyl (C=O) groups is 2. The molecule has 2 fully saturated rings. The largest absolute Gasteiger partial charge is 0.368 e. The highest BCUT2D eigenvalue weighted by Gasteiger charge is 2.29. The van der Waals surface area contributed by atoms with Crippen LogP contribution >= 0.6 is 12.4 Å². The number of hydrogen-bond acceptors (Lipinski definition) is 4. The number of benzene rings is 1. The van der Waals surface area contributed by atoms with Crippen molar-refractivity contribution in [3.05, 3.63) is 29.8 Å². The van der Waals surface area contributed by atoms with Gasteiger partial charge in [-0.1, -0.05) is 12.1 Å². The molecule has 1 aromatic rings. The minimum Gasteiger partial charge on any atom is -0.368 e. The number of rotatable bonds is 5. The van der Waals surface area contributed by atoms with Crippen molar-refractivity contribution >= 4 is 29.9 Å². The van der Waals surface area contributed by atoms with Gasteiger partial charge in [-0.3, -0.25) is 14.5 Å². The minimum atomic E-state index is -0.248. The van der Waals surface area contributed by atoms with Gasteiger partial charge in [-0.05, 0) is 63.4 Å². The van der Waals surface area contributed by atoms with Gasteiger partial charge < -0.3 is 16.4 Å². The van der Waals surface area contributed by atoms with E-state index in [1.165, 1.54) is 0 Å². The molecular formula is C19H29ClN4O2. The van der Waals surface area contributed by atoms with E-state index in [1.54, 1.807) is 0 Å². The van der Waals surface area contributed by atoms with Gasteiger partial charge in [-0.15, -0.1) is 12.4 Å². The van der Waals surface area contributed by atoms with Gasteiger partial charge >= 0.3 is 0 Å². The summed E-state index contributed by atoms with van der Waals surface area (Å²) in [7, 11) is 0. The summed E-state index contributed by atoms with van der Waals surface area (Å²) >= 11 is 0. The molecule has 0 aliphatic carbocycles. The van der Waals surface area contributed by atoms with E-state index in [2.05, 4.69) is 22.5 Å². The summed E-state index contributed by atoms with van der Waals surface area (Å²) in [4.78, 5) is 26.2. The second kappa shape index (κ2) is 9.35. The molecule has 2 saturated heterocycles. The Labute approximate surface area is 161 Å². The summed E-state index contributed by atoms with van der Waals surface area (Å²) in [6.07, 6.45) is 3.58. The van der Waals surface area contributed by atoms with Crippen molar-refractivity contribution in [2.24, 2.45) is 11.7 Å². The van der Waals surface area contributed by atoms with Crippen LogP contribution in [0.15, 0.2) is 24.3 Å². The fourth-order valence-corrected chi connectivity index (χ4v) is 3.93. The zero-order chi connectivity index (χ0) is 17.8. The van der Waals surface area contributed by atoms with Crippen molar-refractivity contribution in [1.29, 1.82) is 0 Å². The molecule has 144 valence electrons. The van der Waals surface area contributed by atoms with E-state index in [4.69, 9.17) is 5.73 Å². The Kier molecular flexibility index (Phi) is 7.43. The van der Waals surface area contributed by atoms with Crippen LogP contribution in [0, 0.1) is 5.92 Å². The molecule has 3 atom stereocenters. The SMILES string of the molecule is C[C@H]1C[C@@H](C(=O)Nc2cccc(CN3CCCC3C(N)=O)c2)CCN1.Cl. The molecule has 0 radical (unpaired) electrons. The Balaban J connectivity index is 0.00000243. The Hall–Kier alpha value is -1.63. The summed E-state index contributed by atoms with van der Waals surface area (Å²) < 4.78 is 0. The first-order valence-electron chi connectivity index (χ1n) is 9.19. The molecule has 4 N–H and O–H groups in total. The van der Waals surface area contributed by atoms with Gasteiger partial charge in [-0.25, -0.2) is 0 Å². The summed E-state index contributed by atoms with van der Waals surface area (Å²) in [5, 5.41) is 6.42. The minimum absolute atomic E-state index is 0. The number of nitrogens with two attached hydrogens (primary N) is 1. The van der Waals surface area contributed by atoms with E-state index in [9.17, 15) is 9.59 Å². The van der Waals surface area contributed by atoms with Crippen molar-refractivity contribution in [2.45, 2.75) is 51.2 Å². The van der Waals surface area contributed by atoms with E-state index in [0.29, 0.717) is 12.6 Å². The lowest BCUT2D eigenvalue weighted by Crippen LogP contribution is -2.40. The summed E-state index contributed by atoms with van der Waals surface area (Å²) in [5.74, 6) is -0.0820. The fourth-order valence-electron chi connectivity index (χ4n) is 3.93. The molecule has 2 amide bonds. The van der Waals surface area contributed by atoms with Gasteiger partial charge in [0.2, 0.25) is 11.8 Å². The molecule has 7 heteroatoms. The van der Waals surface area contributed by atoms with Crippen LogP contribution in [0.3, 0.4) is 0 Å². The van der Waals surface area contributed by atoms with E-state index in [0.717, 1.165) is 50.0 Å². The predicted octanol–water partition coefficient (Wildman–Crippen LogP) is 1.88. The summed E-state index contributed by atoms with van der Waals surface area (Å²) in [5.41, 5.74) is 7.40. The number of primary amides is 1. The molecule has 2 aliphatic heterocycles. The topological polar surface area (TPSA) is 87.5 Å². The third-order valence-corrected chi connectivity index (χ3v) is 5.27. The maximum Gasteiger partial charge on any atom is 0.234 e. The zero-order valence-corrected chi connectivity index (χ0v) is 16.1. The molecule has 6 nitrogen and oxygen atoms in total. The number of nitrogens with one attached hydrogen (secondary N) is 2. The van der Waals surface area contributed by atoms with Crippen LogP contribution in [0.25, 0.3) is 0 Å². The number of anilines is 1. The van der Waals surface area contributed by atoms with Crippen molar-refractivity contribution < 1.29 is 9.59 Å². The van der Waals surface area contributed by atoms with Crippen LogP contribution in [-0.2, 0) is 16.1 Å². The number of halogens is 1. The van der Waals surface area contributed by atoms with Gasteiger partial charge in [-0.2, -0.15) is 0 Å². The lowest BCUT2D eigenvalue weighted by atomic mass is 9.92. The number of carbonyl (C=O) groups excluding carboxylic acids is 2. The Morgan fingerprint density at radius 3 is 2.88 bits per heavy atom.